The molecule has 1 aromatic heterocycles. The van der Waals surface area contributed by atoms with Gasteiger partial charge in [-0.05, 0) is 19.2 Å². The minimum atomic E-state index is 0.472. The largest absolute Gasteiger partial charge is 0.490 e. The van der Waals surface area contributed by atoms with Gasteiger partial charge in [0.2, 0.25) is 0 Å². The Morgan fingerprint density at radius 3 is 3.00 bits per heavy atom. The number of hydrogen-bond acceptors (Lipinski definition) is 4. The van der Waals surface area contributed by atoms with Crippen LogP contribution in [0.5, 0.6) is 5.75 Å². The van der Waals surface area contributed by atoms with Crippen molar-refractivity contribution in [2.75, 3.05) is 20.2 Å². The van der Waals surface area contributed by atoms with E-state index in [9.17, 15) is 0 Å². The topological polar surface area (TPSA) is 57.9 Å². The molecule has 2 rings (SSSR count). The van der Waals surface area contributed by atoms with Gasteiger partial charge < -0.3 is 10.1 Å². The second-order valence-electron chi connectivity index (χ2n) is 3.58. The van der Waals surface area contributed by atoms with E-state index in [1.165, 1.54) is 0 Å². The Labute approximate surface area is 99.8 Å². The van der Waals surface area contributed by atoms with Crippen LogP contribution >= 0.6 is 0 Å². The van der Waals surface area contributed by atoms with Gasteiger partial charge in [0, 0.05) is 18.1 Å². The van der Waals surface area contributed by atoms with Crippen molar-refractivity contribution < 1.29 is 4.74 Å². The number of para-hydroxylation sites is 1. The first-order valence-electron chi connectivity index (χ1n) is 5.42. The fourth-order valence-electron chi connectivity index (χ4n) is 1.61. The van der Waals surface area contributed by atoms with Crippen LogP contribution in [-0.4, -0.2) is 25.2 Å². The van der Waals surface area contributed by atoms with Crippen molar-refractivity contribution in [3.8, 4) is 11.8 Å². The number of benzene rings is 1. The molecule has 0 atom stereocenters. The van der Waals surface area contributed by atoms with Gasteiger partial charge in [-0.1, -0.05) is 12.1 Å². The lowest BCUT2D eigenvalue weighted by Crippen LogP contribution is -2.16. The lowest BCUT2D eigenvalue weighted by atomic mass is 10.1. The Morgan fingerprint density at radius 2 is 2.24 bits per heavy atom. The predicted molar refractivity (Wildman–Crippen MR) is 65.9 cm³/mol. The number of rotatable bonds is 4. The van der Waals surface area contributed by atoms with E-state index in [2.05, 4.69) is 16.4 Å². The summed E-state index contributed by atoms with van der Waals surface area (Å²) in [5, 5.41) is 12.9. The second-order valence-corrected chi connectivity index (χ2v) is 3.58. The summed E-state index contributed by atoms with van der Waals surface area (Å²) in [6.07, 6.45) is 1.55. The quantitative estimate of drug-likeness (QED) is 0.808. The minimum Gasteiger partial charge on any atom is -0.490 e. The zero-order valence-corrected chi connectivity index (χ0v) is 9.60. The summed E-state index contributed by atoms with van der Waals surface area (Å²) in [7, 11) is 1.86. The smallest absolute Gasteiger partial charge is 0.148 e. The van der Waals surface area contributed by atoms with Crippen molar-refractivity contribution in [2.24, 2.45) is 0 Å². The number of aromatic nitrogens is 1. The molecule has 0 bridgehead atoms. The second kappa shape index (κ2) is 5.28. The molecule has 0 radical (unpaired) electrons. The first-order chi connectivity index (χ1) is 8.36. The van der Waals surface area contributed by atoms with Crippen LogP contribution in [0, 0.1) is 11.3 Å². The Balaban J connectivity index is 2.45. The molecule has 1 aromatic carbocycles. The maximum absolute atomic E-state index is 9.05. The van der Waals surface area contributed by atoms with Crippen LogP contribution in [-0.2, 0) is 0 Å². The summed E-state index contributed by atoms with van der Waals surface area (Å²) in [4.78, 5) is 4.22. The lowest BCUT2D eigenvalue weighted by Gasteiger charge is -2.10. The molecule has 0 aliphatic carbocycles. The highest BCUT2D eigenvalue weighted by Crippen LogP contribution is 2.27. The van der Waals surface area contributed by atoms with E-state index in [-0.39, 0.29) is 0 Å². The molecule has 86 valence electrons. The molecule has 1 heterocycles. The molecular formula is C13H13N3O. The molecule has 0 aliphatic heterocycles. The van der Waals surface area contributed by atoms with Gasteiger partial charge in [-0.3, -0.25) is 4.98 Å². The third kappa shape index (κ3) is 2.35. The highest BCUT2D eigenvalue weighted by molar-refractivity contribution is 5.86. The molecule has 0 fully saturated rings. The molecule has 4 nitrogen and oxygen atoms in total. The van der Waals surface area contributed by atoms with Crippen molar-refractivity contribution >= 4 is 10.9 Å². The fourth-order valence-corrected chi connectivity index (χ4v) is 1.61. The number of likely N-dealkylation sites (N-methyl/N-ethyl adjacent to an activating group) is 1. The third-order valence-electron chi connectivity index (χ3n) is 2.44. The number of hydrogen-bond donors (Lipinski definition) is 1. The van der Waals surface area contributed by atoms with Gasteiger partial charge in [-0.2, -0.15) is 5.26 Å². The molecule has 0 unspecified atom stereocenters. The highest BCUT2D eigenvalue weighted by Gasteiger charge is 2.09. The van der Waals surface area contributed by atoms with E-state index in [0.29, 0.717) is 17.9 Å². The zero-order chi connectivity index (χ0) is 12.1. The molecule has 4 heteroatoms. The van der Waals surface area contributed by atoms with Gasteiger partial charge in [0.25, 0.3) is 0 Å². The van der Waals surface area contributed by atoms with Gasteiger partial charge in [-0.15, -0.1) is 0 Å². The van der Waals surface area contributed by atoms with Gasteiger partial charge in [0.1, 0.15) is 24.0 Å². The van der Waals surface area contributed by atoms with Crippen LogP contribution in [0.2, 0.25) is 0 Å². The molecule has 0 aliphatic rings. The van der Waals surface area contributed by atoms with Crippen molar-refractivity contribution in [2.45, 2.75) is 0 Å². The summed E-state index contributed by atoms with van der Waals surface area (Å²) in [6.45, 7) is 1.26. The van der Waals surface area contributed by atoms with Crippen molar-refractivity contribution in [1.29, 1.82) is 5.26 Å². The summed E-state index contributed by atoms with van der Waals surface area (Å²) < 4.78 is 5.66. The van der Waals surface area contributed by atoms with E-state index in [1.54, 1.807) is 6.20 Å². The number of pyridine rings is 1. The average Bonchev–Trinajstić information content (AvgIpc) is 2.39. The molecule has 2 aromatic rings. The first-order valence-corrected chi connectivity index (χ1v) is 5.42. The molecule has 17 heavy (non-hydrogen) atoms. The summed E-state index contributed by atoms with van der Waals surface area (Å²) in [5.41, 5.74) is 1.31. The van der Waals surface area contributed by atoms with Crippen LogP contribution < -0.4 is 10.1 Å². The number of nitriles is 1. The monoisotopic (exact) mass is 227 g/mol. The number of ether oxygens (including phenoxy) is 1. The number of fused-ring (bicyclic) bond motifs is 1. The van der Waals surface area contributed by atoms with Crippen LogP contribution in [0.15, 0.2) is 30.5 Å². The Bertz CT molecular complexity index is 560. The summed E-state index contributed by atoms with van der Waals surface area (Å²) >= 11 is 0. The fraction of sp³-hybridized carbons (Fsp3) is 0.231. The Morgan fingerprint density at radius 1 is 1.41 bits per heavy atom. The number of nitrogens with zero attached hydrogens (tertiary/aromatic N) is 2. The van der Waals surface area contributed by atoms with Gasteiger partial charge in [0.15, 0.2) is 0 Å². The van der Waals surface area contributed by atoms with Crippen molar-refractivity contribution in [1.82, 2.24) is 10.3 Å². The van der Waals surface area contributed by atoms with E-state index in [1.807, 2.05) is 31.3 Å². The zero-order valence-electron chi connectivity index (χ0n) is 9.60. The molecule has 0 saturated heterocycles. The normalized spacial score (nSPS) is 10.1. The summed E-state index contributed by atoms with van der Waals surface area (Å²) in [6, 6.07) is 9.75. The minimum absolute atomic E-state index is 0.472. The van der Waals surface area contributed by atoms with Gasteiger partial charge in [-0.25, -0.2) is 0 Å². The molecule has 0 amide bonds. The maximum atomic E-state index is 9.05. The van der Waals surface area contributed by atoms with Gasteiger partial charge >= 0.3 is 0 Å². The molecule has 0 spiro atoms. The average molecular weight is 227 g/mol. The third-order valence-corrected chi connectivity index (χ3v) is 2.44. The molecular weight excluding hydrogens is 214 g/mol. The van der Waals surface area contributed by atoms with Gasteiger partial charge in [0.05, 0.1) is 5.52 Å². The Hall–Kier alpha value is -2.12. The maximum Gasteiger partial charge on any atom is 0.148 e. The lowest BCUT2D eigenvalue weighted by molar-refractivity contribution is 0.321. The van der Waals surface area contributed by atoms with Crippen LogP contribution in [0.3, 0.4) is 0 Å². The highest BCUT2D eigenvalue weighted by atomic mass is 16.5. The number of nitrogens with one attached hydrogen (secondary N) is 1. The first kappa shape index (κ1) is 11.4. The van der Waals surface area contributed by atoms with E-state index < -0.39 is 0 Å². The van der Waals surface area contributed by atoms with Crippen molar-refractivity contribution in [3.63, 3.8) is 0 Å². The standard InChI is InChI=1S/C13H13N3O/c1-15-6-7-17-13-10(8-14)9-16-12-5-3-2-4-11(12)13/h2-5,9,15H,6-7H2,1H3. The van der Waals surface area contributed by atoms with Crippen LogP contribution in [0.4, 0.5) is 0 Å². The van der Waals surface area contributed by atoms with E-state index >= 15 is 0 Å². The van der Waals surface area contributed by atoms with Crippen LogP contribution in [0.1, 0.15) is 5.56 Å². The van der Waals surface area contributed by atoms with Crippen LogP contribution in [0.25, 0.3) is 10.9 Å². The predicted octanol–water partition coefficient (Wildman–Crippen LogP) is 1.70. The van der Waals surface area contributed by atoms with Crippen molar-refractivity contribution in [3.05, 3.63) is 36.0 Å². The van der Waals surface area contributed by atoms with E-state index in [0.717, 1.165) is 17.4 Å². The van der Waals surface area contributed by atoms with E-state index in [4.69, 9.17) is 10.00 Å². The SMILES string of the molecule is CNCCOc1c(C#N)cnc2ccccc12. The summed E-state index contributed by atoms with van der Waals surface area (Å²) in [5.74, 6) is 0.619. The molecule has 1 N–H and O–H groups in total. The Kier molecular flexibility index (Phi) is 3.53. The molecule has 0 saturated carbocycles.